The Morgan fingerprint density at radius 2 is 1.92 bits per heavy atom. The molecule has 1 aliphatic heterocycles. The number of benzene rings is 2. The number of nitrogens with one attached hydrogen (secondary N) is 2. The molecule has 0 saturated carbocycles. The van der Waals surface area contributed by atoms with E-state index in [0.717, 1.165) is 18.1 Å². The van der Waals surface area contributed by atoms with Crippen molar-refractivity contribution in [3.8, 4) is 0 Å². The predicted octanol–water partition coefficient (Wildman–Crippen LogP) is 3.46. The number of rotatable bonds is 6. The van der Waals surface area contributed by atoms with Gasteiger partial charge in [-0.3, -0.25) is 25.4 Å². The lowest BCUT2D eigenvalue weighted by Gasteiger charge is -2.38. The molecule has 1 saturated heterocycles. The topological polar surface area (TPSA) is 47.6 Å². The maximum absolute atomic E-state index is 12.2. The van der Waals surface area contributed by atoms with Crippen LogP contribution in [0.1, 0.15) is 5.56 Å². The lowest BCUT2D eigenvalue weighted by atomic mass is 10.2. The van der Waals surface area contributed by atoms with E-state index in [1.165, 1.54) is 5.56 Å². The smallest absolute Gasteiger partial charge is 0.252 e. The van der Waals surface area contributed by atoms with Gasteiger partial charge in [0, 0.05) is 17.4 Å². The Bertz CT molecular complexity index is 717. The number of hydrazine groups is 1. The Kier molecular flexibility index (Phi) is 7.10. The van der Waals surface area contributed by atoms with Crippen molar-refractivity contribution in [1.82, 2.24) is 15.2 Å². The number of thiol groups is 1. The standard InChI is InChI=1S/C18H21ClN4OS2/c19-15-6-8-16(9-7-15)20-21-17(24)11-22-12-23(18(25)26-13-22)10-14-4-2-1-3-5-14/h1-9,18,20,25H,10-13H2,(H,21,24). The molecule has 5 nitrogen and oxygen atoms in total. The molecule has 0 spiro atoms. The highest BCUT2D eigenvalue weighted by molar-refractivity contribution is 8.10. The van der Waals surface area contributed by atoms with Crippen LogP contribution < -0.4 is 10.9 Å². The molecule has 3 rings (SSSR count). The summed E-state index contributed by atoms with van der Waals surface area (Å²) in [4.78, 5) is 16.5. The fourth-order valence-electron chi connectivity index (χ4n) is 2.60. The van der Waals surface area contributed by atoms with Crippen LogP contribution in [-0.4, -0.2) is 39.5 Å². The number of anilines is 1. The Morgan fingerprint density at radius 1 is 1.19 bits per heavy atom. The highest BCUT2D eigenvalue weighted by atomic mass is 35.5. The summed E-state index contributed by atoms with van der Waals surface area (Å²) in [7, 11) is 0. The van der Waals surface area contributed by atoms with E-state index in [1.54, 1.807) is 23.9 Å². The molecule has 0 aliphatic carbocycles. The van der Waals surface area contributed by atoms with Crippen LogP contribution in [0.15, 0.2) is 54.6 Å². The normalized spacial score (nSPS) is 18.5. The van der Waals surface area contributed by atoms with E-state index in [4.69, 9.17) is 11.6 Å². The number of nitrogens with zero attached hydrogens (tertiary/aromatic N) is 2. The largest absolute Gasteiger partial charge is 0.299 e. The highest BCUT2D eigenvalue weighted by Crippen LogP contribution is 2.27. The van der Waals surface area contributed by atoms with E-state index in [1.807, 2.05) is 30.3 Å². The van der Waals surface area contributed by atoms with Gasteiger partial charge in [0.1, 0.15) is 4.71 Å². The van der Waals surface area contributed by atoms with E-state index in [9.17, 15) is 4.79 Å². The molecule has 0 radical (unpaired) electrons. The van der Waals surface area contributed by atoms with Gasteiger partial charge in [-0.1, -0.05) is 41.9 Å². The summed E-state index contributed by atoms with van der Waals surface area (Å²) in [6.07, 6.45) is 0. The predicted molar refractivity (Wildman–Crippen MR) is 112 cm³/mol. The minimum Gasteiger partial charge on any atom is -0.299 e. The summed E-state index contributed by atoms with van der Waals surface area (Å²) in [5.74, 6) is 0.686. The molecule has 138 valence electrons. The van der Waals surface area contributed by atoms with Gasteiger partial charge in [0.05, 0.1) is 18.9 Å². The number of carbonyl (C=O) groups excluding carboxylic acids is 1. The van der Waals surface area contributed by atoms with Gasteiger partial charge in [0.25, 0.3) is 5.91 Å². The molecule has 1 atom stereocenters. The average molecular weight is 409 g/mol. The molecule has 1 aliphatic rings. The molecule has 2 aromatic carbocycles. The van der Waals surface area contributed by atoms with Gasteiger partial charge in [-0.05, 0) is 29.8 Å². The molecule has 2 aromatic rings. The number of thioether (sulfide) groups is 1. The minimum atomic E-state index is -0.0853. The van der Waals surface area contributed by atoms with Crippen molar-refractivity contribution >= 4 is 47.6 Å². The fourth-order valence-corrected chi connectivity index (χ4v) is 3.95. The number of carbonyl (C=O) groups is 1. The first kappa shape index (κ1) is 19.4. The second-order valence-corrected chi connectivity index (χ2v) is 8.32. The van der Waals surface area contributed by atoms with Crippen LogP contribution >= 0.6 is 36.0 Å². The molecule has 1 unspecified atom stereocenters. The van der Waals surface area contributed by atoms with Crippen LogP contribution in [-0.2, 0) is 11.3 Å². The van der Waals surface area contributed by atoms with Crippen molar-refractivity contribution in [1.29, 1.82) is 0 Å². The Hall–Kier alpha value is -1.38. The number of hydrogen-bond donors (Lipinski definition) is 3. The van der Waals surface area contributed by atoms with Gasteiger partial charge < -0.3 is 0 Å². The zero-order chi connectivity index (χ0) is 18.4. The van der Waals surface area contributed by atoms with E-state index >= 15 is 0 Å². The van der Waals surface area contributed by atoms with Gasteiger partial charge in [0.15, 0.2) is 0 Å². The Balaban J connectivity index is 1.47. The summed E-state index contributed by atoms with van der Waals surface area (Å²) in [5.41, 5.74) is 7.65. The van der Waals surface area contributed by atoms with Crippen molar-refractivity contribution in [3.63, 3.8) is 0 Å². The third-order valence-electron chi connectivity index (χ3n) is 3.89. The van der Waals surface area contributed by atoms with Gasteiger partial charge in [-0.15, -0.1) is 24.4 Å². The van der Waals surface area contributed by atoms with Gasteiger partial charge in [-0.25, -0.2) is 0 Å². The van der Waals surface area contributed by atoms with Crippen molar-refractivity contribution in [2.24, 2.45) is 0 Å². The van der Waals surface area contributed by atoms with Crippen LogP contribution in [0.25, 0.3) is 0 Å². The summed E-state index contributed by atoms with van der Waals surface area (Å²) in [6, 6.07) is 17.5. The lowest BCUT2D eigenvalue weighted by Crippen LogP contribution is -2.49. The van der Waals surface area contributed by atoms with Gasteiger partial charge >= 0.3 is 0 Å². The Morgan fingerprint density at radius 3 is 2.65 bits per heavy atom. The monoisotopic (exact) mass is 408 g/mol. The summed E-state index contributed by atoms with van der Waals surface area (Å²) in [6.45, 7) is 1.83. The lowest BCUT2D eigenvalue weighted by molar-refractivity contribution is -0.122. The molecule has 0 aromatic heterocycles. The van der Waals surface area contributed by atoms with Crippen LogP contribution in [0.2, 0.25) is 5.02 Å². The maximum atomic E-state index is 12.2. The zero-order valence-corrected chi connectivity index (χ0v) is 16.6. The highest BCUT2D eigenvalue weighted by Gasteiger charge is 2.26. The number of amides is 1. The average Bonchev–Trinajstić information content (AvgIpc) is 2.65. The SMILES string of the molecule is O=C(CN1CSC(S)N(Cc2ccccc2)C1)NNc1ccc(Cl)cc1. The first-order valence-electron chi connectivity index (χ1n) is 8.20. The van der Waals surface area contributed by atoms with Crippen molar-refractivity contribution in [2.45, 2.75) is 11.3 Å². The van der Waals surface area contributed by atoms with E-state index in [2.05, 4.69) is 45.4 Å². The van der Waals surface area contributed by atoms with Crippen molar-refractivity contribution in [2.75, 3.05) is 24.5 Å². The van der Waals surface area contributed by atoms with Crippen LogP contribution in [0.4, 0.5) is 5.69 Å². The first-order valence-corrected chi connectivity index (χ1v) is 10.1. The second kappa shape index (κ2) is 9.53. The quantitative estimate of drug-likeness (QED) is 0.504. The summed E-state index contributed by atoms with van der Waals surface area (Å²) >= 11 is 12.2. The van der Waals surface area contributed by atoms with Crippen LogP contribution in [0.5, 0.6) is 0 Å². The second-order valence-electron chi connectivity index (χ2n) is 6.00. The van der Waals surface area contributed by atoms with E-state index in [-0.39, 0.29) is 10.6 Å². The third kappa shape index (κ3) is 5.82. The summed E-state index contributed by atoms with van der Waals surface area (Å²) < 4.78 is 0.127. The summed E-state index contributed by atoms with van der Waals surface area (Å²) in [5, 5.41) is 0.659. The van der Waals surface area contributed by atoms with Crippen molar-refractivity contribution in [3.05, 3.63) is 65.2 Å². The van der Waals surface area contributed by atoms with E-state index < -0.39 is 0 Å². The molecular formula is C18H21ClN4OS2. The van der Waals surface area contributed by atoms with E-state index in [0.29, 0.717) is 18.2 Å². The molecule has 0 bridgehead atoms. The molecule has 2 N–H and O–H groups in total. The van der Waals surface area contributed by atoms with Crippen LogP contribution in [0.3, 0.4) is 0 Å². The third-order valence-corrected chi connectivity index (χ3v) is 6.02. The zero-order valence-electron chi connectivity index (χ0n) is 14.1. The first-order chi connectivity index (χ1) is 12.6. The molecular weight excluding hydrogens is 388 g/mol. The number of halogens is 1. The number of hydrogen-bond acceptors (Lipinski definition) is 6. The fraction of sp³-hybridized carbons (Fsp3) is 0.278. The van der Waals surface area contributed by atoms with Gasteiger partial charge in [-0.2, -0.15) is 0 Å². The van der Waals surface area contributed by atoms with Crippen molar-refractivity contribution < 1.29 is 4.79 Å². The molecule has 1 heterocycles. The molecule has 1 fully saturated rings. The molecule has 8 heteroatoms. The van der Waals surface area contributed by atoms with Gasteiger partial charge in [0.2, 0.25) is 0 Å². The molecule has 26 heavy (non-hydrogen) atoms. The van der Waals surface area contributed by atoms with Crippen LogP contribution in [0, 0.1) is 0 Å². The minimum absolute atomic E-state index is 0.0853. The molecule has 1 amide bonds. The maximum Gasteiger partial charge on any atom is 0.252 e. The Labute approximate surface area is 168 Å².